The van der Waals surface area contributed by atoms with Gasteiger partial charge in [-0.1, -0.05) is 24.1 Å². The van der Waals surface area contributed by atoms with Crippen LogP contribution in [0.2, 0.25) is 5.02 Å². The maximum atomic E-state index is 11.9. The van der Waals surface area contributed by atoms with Gasteiger partial charge < -0.3 is 15.7 Å². The maximum absolute atomic E-state index is 11.9. The first-order chi connectivity index (χ1) is 12.0. The second-order valence-electron chi connectivity index (χ2n) is 6.41. The zero-order chi connectivity index (χ0) is 18.2. The lowest BCUT2D eigenvalue weighted by atomic mass is 10.0. The molecule has 1 aromatic rings. The topological polar surface area (TPSA) is 81.7 Å². The Morgan fingerprint density at radius 2 is 2.12 bits per heavy atom. The van der Waals surface area contributed by atoms with Crippen LogP contribution >= 0.6 is 11.6 Å². The third-order valence-corrected chi connectivity index (χ3v) is 4.86. The van der Waals surface area contributed by atoms with Crippen LogP contribution in [0.1, 0.15) is 31.2 Å². The van der Waals surface area contributed by atoms with E-state index < -0.39 is 0 Å². The summed E-state index contributed by atoms with van der Waals surface area (Å²) in [5.41, 5.74) is 1.50. The number of carbonyl (C=O) groups is 2. The van der Waals surface area contributed by atoms with Crippen LogP contribution in [0.25, 0.3) is 0 Å². The summed E-state index contributed by atoms with van der Waals surface area (Å²) in [6.45, 7) is 4.13. The molecule has 7 heteroatoms. The van der Waals surface area contributed by atoms with Gasteiger partial charge in [0, 0.05) is 29.8 Å². The Morgan fingerprint density at radius 1 is 1.32 bits per heavy atom. The number of carbonyl (C=O) groups excluding carboxylic acids is 2. The van der Waals surface area contributed by atoms with Crippen LogP contribution in [0.5, 0.6) is 0 Å². The zero-order valence-corrected chi connectivity index (χ0v) is 15.3. The summed E-state index contributed by atoms with van der Waals surface area (Å²) in [5, 5.41) is 15.4. The molecule has 1 atom stereocenters. The van der Waals surface area contributed by atoms with Gasteiger partial charge in [0.15, 0.2) is 0 Å². The number of hydrogen-bond acceptors (Lipinski definition) is 4. The highest BCUT2D eigenvalue weighted by Crippen LogP contribution is 2.20. The first-order valence-corrected chi connectivity index (χ1v) is 9.05. The second-order valence-corrected chi connectivity index (χ2v) is 6.81. The van der Waals surface area contributed by atoms with Crippen molar-refractivity contribution in [1.82, 2.24) is 10.2 Å². The van der Waals surface area contributed by atoms with E-state index in [4.69, 9.17) is 11.6 Å². The average molecular weight is 368 g/mol. The van der Waals surface area contributed by atoms with Gasteiger partial charge in [-0.2, -0.15) is 0 Å². The number of rotatable bonds is 7. The molecule has 6 nitrogen and oxygen atoms in total. The van der Waals surface area contributed by atoms with Crippen LogP contribution in [0, 0.1) is 6.92 Å². The summed E-state index contributed by atoms with van der Waals surface area (Å²) in [7, 11) is 0. The standard InChI is InChI=1S/C18H26ClN3O3/c1-13-5-6-14(10-16(13)19)21-18(25)11-17(24)20-7-9-22-8-3-2-4-15(22)12-23/h5-6,10,15,23H,2-4,7-9,11-12H2,1H3,(H,20,24)(H,21,25). The fourth-order valence-electron chi connectivity index (χ4n) is 2.98. The molecule has 0 bridgehead atoms. The van der Waals surface area contributed by atoms with Crippen molar-refractivity contribution < 1.29 is 14.7 Å². The van der Waals surface area contributed by atoms with Gasteiger partial charge in [-0.3, -0.25) is 14.5 Å². The van der Waals surface area contributed by atoms with E-state index in [1.54, 1.807) is 12.1 Å². The molecule has 0 aliphatic carbocycles. The Morgan fingerprint density at radius 3 is 2.84 bits per heavy atom. The lowest BCUT2D eigenvalue weighted by Gasteiger charge is -2.34. The molecular weight excluding hydrogens is 342 g/mol. The molecule has 138 valence electrons. The number of benzene rings is 1. The Hall–Kier alpha value is -1.63. The van der Waals surface area contributed by atoms with Crippen molar-refractivity contribution in [2.45, 2.75) is 38.6 Å². The minimum Gasteiger partial charge on any atom is -0.395 e. The number of aliphatic hydroxyl groups is 1. The van der Waals surface area contributed by atoms with Gasteiger partial charge >= 0.3 is 0 Å². The average Bonchev–Trinajstić information content (AvgIpc) is 2.58. The van der Waals surface area contributed by atoms with E-state index in [1.165, 1.54) is 0 Å². The number of amides is 2. The zero-order valence-electron chi connectivity index (χ0n) is 14.6. The minimum atomic E-state index is -0.372. The van der Waals surface area contributed by atoms with Crippen molar-refractivity contribution in [3.8, 4) is 0 Å². The fraction of sp³-hybridized carbons (Fsp3) is 0.556. The van der Waals surface area contributed by atoms with Crippen LogP contribution in [-0.4, -0.2) is 54.1 Å². The smallest absolute Gasteiger partial charge is 0.233 e. The van der Waals surface area contributed by atoms with Gasteiger partial charge in [-0.25, -0.2) is 0 Å². The van der Waals surface area contributed by atoms with Crippen molar-refractivity contribution in [2.75, 3.05) is 31.6 Å². The quantitative estimate of drug-likeness (QED) is 0.643. The van der Waals surface area contributed by atoms with Gasteiger partial charge in [-0.15, -0.1) is 0 Å². The molecule has 1 aliphatic heterocycles. The first-order valence-electron chi connectivity index (χ1n) is 8.67. The van der Waals surface area contributed by atoms with Crippen LogP contribution in [0.4, 0.5) is 5.69 Å². The molecule has 0 radical (unpaired) electrons. The summed E-state index contributed by atoms with van der Waals surface area (Å²) in [4.78, 5) is 26.0. The Labute approximate surface area is 153 Å². The third-order valence-electron chi connectivity index (χ3n) is 4.46. The summed E-state index contributed by atoms with van der Waals surface area (Å²) in [6.07, 6.45) is 3.02. The molecular formula is C18H26ClN3O3. The van der Waals surface area contributed by atoms with E-state index in [-0.39, 0.29) is 30.9 Å². The summed E-state index contributed by atoms with van der Waals surface area (Å²) >= 11 is 6.02. The maximum Gasteiger partial charge on any atom is 0.233 e. The first kappa shape index (κ1) is 19.7. The Bertz CT molecular complexity index is 609. The normalized spacial score (nSPS) is 18.0. The van der Waals surface area contributed by atoms with Gasteiger partial charge in [0.25, 0.3) is 0 Å². The van der Waals surface area contributed by atoms with Crippen LogP contribution in [0.15, 0.2) is 18.2 Å². The van der Waals surface area contributed by atoms with Crippen molar-refractivity contribution >= 4 is 29.1 Å². The van der Waals surface area contributed by atoms with Gasteiger partial charge in [0.1, 0.15) is 6.42 Å². The molecule has 0 spiro atoms. The van der Waals surface area contributed by atoms with E-state index in [0.717, 1.165) is 31.4 Å². The number of anilines is 1. The predicted octanol–water partition coefficient (Wildman–Crippen LogP) is 1.94. The van der Waals surface area contributed by atoms with E-state index in [2.05, 4.69) is 15.5 Å². The molecule has 0 saturated carbocycles. The monoisotopic (exact) mass is 367 g/mol. The summed E-state index contributed by atoms with van der Waals surface area (Å²) in [5.74, 6) is -0.683. The Balaban J connectivity index is 1.70. The number of piperidine rings is 1. The lowest BCUT2D eigenvalue weighted by molar-refractivity contribution is -0.126. The largest absolute Gasteiger partial charge is 0.395 e. The van der Waals surface area contributed by atoms with E-state index in [1.807, 2.05) is 13.0 Å². The molecule has 1 fully saturated rings. The highest BCUT2D eigenvalue weighted by molar-refractivity contribution is 6.31. The summed E-state index contributed by atoms with van der Waals surface area (Å²) < 4.78 is 0. The molecule has 1 saturated heterocycles. The molecule has 25 heavy (non-hydrogen) atoms. The molecule has 3 N–H and O–H groups in total. The number of hydrogen-bond donors (Lipinski definition) is 3. The van der Waals surface area contributed by atoms with E-state index in [9.17, 15) is 14.7 Å². The number of aliphatic hydroxyl groups excluding tert-OH is 1. The molecule has 1 unspecified atom stereocenters. The van der Waals surface area contributed by atoms with Crippen LogP contribution < -0.4 is 10.6 Å². The van der Waals surface area contributed by atoms with Gasteiger partial charge in [0.05, 0.1) is 6.61 Å². The fourth-order valence-corrected chi connectivity index (χ4v) is 3.16. The van der Waals surface area contributed by atoms with E-state index in [0.29, 0.717) is 23.8 Å². The predicted molar refractivity (Wildman–Crippen MR) is 98.7 cm³/mol. The number of halogens is 1. The van der Waals surface area contributed by atoms with Crippen molar-refractivity contribution in [1.29, 1.82) is 0 Å². The SMILES string of the molecule is Cc1ccc(NC(=O)CC(=O)NCCN2CCCCC2CO)cc1Cl. The van der Waals surface area contributed by atoms with Gasteiger partial charge in [-0.05, 0) is 44.0 Å². The lowest BCUT2D eigenvalue weighted by Crippen LogP contribution is -2.45. The van der Waals surface area contributed by atoms with Crippen molar-refractivity contribution in [3.63, 3.8) is 0 Å². The van der Waals surface area contributed by atoms with Crippen molar-refractivity contribution in [2.24, 2.45) is 0 Å². The molecule has 1 aromatic carbocycles. The number of aryl methyl sites for hydroxylation is 1. The number of nitrogens with one attached hydrogen (secondary N) is 2. The molecule has 2 rings (SSSR count). The van der Waals surface area contributed by atoms with E-state index >= 15 is 0 Å². The highest BCUT2D eigenvalue weighted by Gasteiger charge is 2.21. The number of nitrogens with zero attached hydrogens (tertiary/aromatic N) is 1. The Kier molecular flexibility index (Phi) is 7.68. The molecule has 0 aromatic heterocycles. The second kappa shape index (κ2) is 9.75. The van der Waals surface area contributed by atoms with Gasteiger partial charge in [0.2, 0.25) is 11.8 Å². The third kappa shape index (κ3) is 6.30. The molecule has 1 aliphatic rings. The highest BCUT2D eigenvalue weighted by atomic mass is 35.5. The number of likely N-dealkylation sites (tertiary alicyclic amines) is 1. The van der Waals surface area contributed by atoms with Crippen molar-refractivity contribution in [3.05, 3.63) is 28.8 Å². The molecule has 2 amide bonds. The molecule has 1 heterocycles. The van der Waals surface area contributed by atoms with Crippen LogP contribution in [0.3, 0.4) is 0 Å². The minimum absolute atomic E-state index is 0.148. The van der Waals surface area contributed by atoms with Crippen LogP contribution in [-0.2, 0) is 9.59 Å². The summed E-state index contributed by atoms with van der Waals surface area (Å²) in [6, 6.07) is 5.41.